The molecule has 2 aromatic heterocycles. The lowest BCUT2D eigenvalue weighted by atomic mass is 9.86. The minimum absolute atomic E-state index is 0.121. The van der Waals surface area contributed by atoms with Crippen LogP contribution < -0.4 is 5.32 Å². The van der Waals surface area contributed by atoms with Gasteiger partial charge in [-0.05, 0) is 55.9 Å². The van der Waals surface area contributed by atoms with Crippen LogP contribution in [-0.4, -0.2) is 26.5 Å². The number of carbonyl (C=O) groups is 1. The van der Waals surface area contributed by atoms with Crippen molar-refractivity contribution in [1.82, 2.24) is 19.9 Å². The minimum Gasteiger partial charge on any atom is -0.349 e. The molecular formula is C23H26ClFN4O. The van der Waals surface area contributed by atoms with E-state index in [0.29, 0.717) is 28.6 Å². The van der Waals surface area contributed by atoms with Gasteiger partial charge in [0.25, 0.3) is 5.91 Å². The lowest BCUT2D eigenvalue weighted by molar-refractivity contribution is 0.0911. The maximum atomic E-state index is 13.4. The number of aryl methyl sites for hydroxylation is 2. The summed E-state index contributed by atoms with van der Waals surface area (Å²) in [4.78, 5) is 17.6. The van der Waals surface area contributed by atoms with Crippen molar-refractivity contribution in [3.8, 4) is 0 Å². The summed E-state index contributed by atoms with van der Waals surface area (Å²) >= 11 is 6.22. The summed E-state index contributed by atoms with van der Waals surface area (Å²) in [7, 11) is 0. The molecule has 0 radical (unpaired) electrons. The number of fused-ring (bicyclic) bond motifs is 1. The Morgan fingerprint density at radius 1 is 1.30 bits per heavy atom. The van der Waals surface area contributed by atoms with E-state index in [4.69, 9.17) is 16.6 Å². The summed E-state index contributed by atoms with van der Waals surface area (Å²) < 4.78 is 15.1. The van der Waals surface area contributed by atoms with Crippen LogP contribution in [-0.2, 0) is 6.42 Å². The van der Waals surface area contributed by atoms with Gasteiger partial charge in [0, 0.05) is 28.9 Å². The largest absolute Gasteiger partial charge is 0.349 e. The van der Waals surface area contributed by atoms with E-state index in [0.717, 1.165) is 41.8 Å². The van der Waals surface area contributed by atoms with E-state index < -0.39 is 0 Å². The zero-order valence-electron chi connectivity index (χ0n) is 17.5. The van der Waals surface area contributed by atoms with Gasteiger partial charge in [0.15, 0.2) is 5.65 Å². The lowest BCUT2D eigenvalue weighted by Crippen LogP contribution is -2.41. The SMILES string of the molecule is Cc1nc2c(C(=O)N[C@H]3CCCC[C@H]3C)cnn2c(C)c1Cc1ccc(F)cc1Cl. The van der Waals surface area contributed by atoms with E-state index in [1.54, 1.807) is 16.8 Å². The van der Waals surface area contributed by atoms with Crippen molar-refractivity contribution in [1.29, 1.82) is 0 Å². The Kier molecular flexibility index (Phi) is 5.78. The van der Waals surface area contributed by atoms with Crippen LogP contribution in [0.5, 0.6) is 0 Å². The molecule has 0 spiro atoms. The van der Waals surface area contributed by atoms with Gasteiger partial charge < -0.3 is 5.32 Å². The van der Waals surface area contributed by atoms with Gasteiger partial charge in [0.2, 0.25) is 0 Å². The summed E-state index contributed by atoms with van der Waals surface area (Å²) in [6, 6.07) is 4.60. The number of amides is 1. The number of halogens is 2. The maximum Gasteiger partial charge on any atom is 0.256 e. The zero-order chi connectivity index (χ0) is 21.4. The molecule has 1 N–H and O–H groups in total. The van der Waals surface area contributed by atoms with Crippen molar-refractivity contribution in [2.75, 3.05) is 0 Å². The topological polar surface area (TPSA) is 59.3 Å². The Bertz CT molecular complexity index is 1110. The predicted molar refractivity (Wildman–Crippen MR) is 116 cm³/mol. The number of nitrogens with one attached hydrogen (secondary N) is 1. The highest BCUT2D eigenvalue weighted by Crippen LogP contribution is 2.26. The predicted octanol–water partition coefficient (Wildman–Crippen LogP) is 5.04. The number of hydrogen-bond donors (Lipinski definition) is 1. The molecule has 0 bridgehead atoms. The quantitative estimate of drug-likeness (QED) is 0.633. The van der Waals surface area contributed by atoms with Crippen molar-refractivity contribution in [3.63, 3.8) is 0 Å². The molecule has 2 heterocycles. The van der Waals surface area contributed by atoms with Gasteiger partial charge in [-0.1, -0.05) is 37.4 Å². The van der Waals surface area contributed by atoms with Gasteiger partial charge in [-0.2, -0.15) is 5.10 Å². The van der Waals surface area contributed by atoms with E-state index >= 15 is 0 Å². The fraction of sp³-hybridized carbons (Fsp3) is 0.435. The second-order valence-electron chi connectivity index (χ2n) is 8.31. The highest BCUT2D eigenvalue weighted by atomic mass is 35.5. The van der Waals surface area contributed by atoms with Gasteiger partial charge in [-0.15, -0.1) is 0 Å². The molecular weight excluding hydrogens is 403 g/mol. The number of nitrogens with zero attached hydrogens (tertiary/aromatic N) is 3. The summed E-state index contributed by atoms with van der Waals surface area (Å²) in [6.45, 7) is 6.06. The number of aromatic nitrogens is 3. The third-order valence-electron chi connectivity index (χ3n) is 6.26. The van der Waals surface area contributed by atoms with Crippen LogP contribution in [0.3, 0.4) is 0 Å². The van der Waals surface area contributed by atoms with Crippen LogP contribution in [0.25, 0.3) is 5.65 Å². The molecule has 1 aromatic carbocycles. The van der Waals surface area contributed by atoms with Gasteiger partial charge in [0.1, 0.15) is 11.4 Å². The third kappa shape index (κ3) is 3.93. The summed E-state index contributed by atoms with van der Waals surface area (Å²) in [6.07, 6.45) is 6.64. The molecule has 0 unspecified atom stereocenters. The van der Waals surface area contributed by atoms with E-state index in [9.17, 15) is 9.18 Å². The average molecular weight is 429 g/mol. The fourth-order valence-electron chi connectivity index (χ4n) is 4.36. The van der Waals surface area contributed by atoms with Crippen molar-refractivity contribution in [2.24, 2.45) is 5.92 Å². The van der Waals surface area contributed by atoms with Crippen molar-refractivity contribution < 1.29 is 9.18 Å². The van der Waals surface area contributed by atoms with Crippen LogP contribution in [0, 0.1) is 25.6 Å². The second kappa shape index (κ2) is 8.34. The van der Waals surface area contributed by atoms with E-state index in [2.05, 4.69) is 17.3 Å². The van der Waals surface area contributed by atoms with E-state index in [1.165, 1.54) is 18.6 Å². The molecule has 3 aromatic rings. The maximum absolute atomic E-state index is 13.4. The summed E-state index contributed by atoms with van der Waals surface area (Å²) in [5.74, 6) is -0.00167. The number of carbonyl (C=O) groups excluding carboxylic acids is 1. The first-order valence-electron chi connectivity index (χ1n) is 10.4. The summed E-state index contributed by atoms with van der Waals surface area (Å²) in [5, 5.41) is 8.00. The first-order valence-corrected chi connectivity index (χ1v) is 10.8. The molecule has 5 nitrogen and oxygen atoms in total. The van der Waals surface area contributed by atoms with Crippen LogP contribution in [0.2, 0.25) is 5.02 Å². The van der Waals surface area contributed by atoms with E-state index in [-0.39, 0.29) is 17.8 Å². The molecule has 2 atom stereocenters. The first kappa shape index (κ1) is 20.8. The Hall–Kier alpha value is -2.47. The number of benzene rings is 1. The van der Waals surface area contributed by atoms with Crippen molar-refractivity contribution in [2.45, 2.75) is 58.9 Å². The molecule has 1 aliphatic carbocycles. The van der Waals surface area contributed by atoms with Crippen LogP contribution in [0.4, 0.5) is 4.39 Å². The number of rotatable bonds is 4. The van der Waals surface area contributed by atoms with Gasteiger partial charge in [-0.3, -0.25) is 4.79 Å². The molecule has 4 rings (SSSR count). The standard InChI is InChI=1S/C23H26ClFN4O/c1-13-6-4-5-7-21(13)28-23(30)19-12-26-29-15(3)18(14(2)27-22(19)29)10-16-8-9-17(25)11-20(16)24/h8-9,11-13,21H,4-7,10H2,1-3H3,(H,28,30)/t13-,21+/m1/s1. The molecule has 158 valence electrons. The van der Waals surface area contributed by atoms with Gasteiger partial charge in [0.05, 0.1) is 6.20 Å². The van der Waals surface area contributed by atoms with E-state index in [1.807, 2.05) is 13.8 Å². The monoisotopic (exact) mass is 428 g/mol. The normalized spacial score (nSPS) is 19.2. The molecule has 0 saturated heterocycles. The van der Waals surface area contributed by atoms with Crippen LogP contribution >= 0.6 is 11.6 Å². The first-order chi connectivity index (χ1) is 14.3. The molecule has 30 heavy (non-hydrogen) atoms. The highest BCUT2D eigenvalue weighted by Gasteiger charge is 2.25. The van der Waals surface area contributed by atoms with Gasteiger partial charge in [-0.25, -0.2) is 13.9 Å². The average Bonchev–Trinajstić information content (AvgIpc) is 3.12. The lowest BCUT2D eigenvalue weighted by Gasteiger charge is -2.29. The Labute approximate surface area is 180 Å². The van der Waals surface area contributed by atoms with Gasteiger partial charge >= 0.3 is 0 Å². The molecule has 1 fully saturated rings. The van der Waals surface area contributed by atoms with Crippen LogP contribution in [0.15, 0.2) is 24.4 Å². The third-order valence-corrected chi connectivity index (χ3v) is 6.62. The minimum atomic E-state index is -0.360. The molecule has 1 aliphatic rings. The fourth-order valence-corrected chi connectivity index (χ4v) is 4.59. The smallest absolute Gasteiger partial charge is 0.256 e. The second-order valence-corrected chi connectivity index (χ2v) is 8.72. The summed E-state index contributed by atoms with van der Waals surface area (Å²) in [5.41, 5.74) is 4.53. The number of hydrogen-bond acceptors (Lipinski definition) is 3. The zero-order valence-corrected chi connectivity index (χ0v) is 18.3. The highest BCUT2D eigenvalue weighted by molar-refractivity contribution is 6.31. The molecule has 1 amide bonds. The van der Waals surface area contributed by atoms with Crippen molar-refractivity contribution in [3.05, 3.63) is 63.3 Å². The molecule has 7 heteroatoms. The molecule has 1 saturated carbocycles. The Morgan fingerprint density at radius 2 is 2.07 bits per heavy atom. The Balaban J connectivity index is 1.65. The van der Waals surface area contributed by atoms with Crippen LogP contribution in [0.1, 0.15) is 65.5 Å². The molecule has 0 aliphatic heterocycles. The Morgan fingerprint density at radius 3 is 2.80 bits per heavy atom. The van der Waals surface area contributed by atoms with Crippen molar-refractivity contribution >= 4 is 23.2 Å².